The fraction of sp³-hybridized carbons (Fsp3) is 0.444. The second-order valence-corrected chi connectivity index (χ2v) is 7.26. The van der Waals surface area contributed by atoms with Crippen molar-refractivity contribution in [2.45, 2.75) is 31.8 Å². The maximum Gasteiger partial charge on any atom is 0.271 e. The van der Waals surface area contributed by atoms with Crippen LogP contribution in [0.2, 0.25) is 0 Å². The molecule has 4 atom stereocenters. The Morgan fingerprint density at radius 3 is 3.04 bits per heavy atom. The van der Waals surface area contributed by atoms with E-state index < -0.39 is 0 Å². The molecule has 5 rings (SSSR count). The topological polar surface area (TPSA) is 74.3 Å². The van der Waals surface area contributed by atoms with E-state index in [1.807, 2.05) is 12.3 Å². The SMILES string of the molecule is CC1C=CCC2C1C1Cc3ccc([N+](=O)[O-])cc3N1C=C1N=NCN12. The normalized spacial score (nSPS) is 31.8. The van der Waals surface area contributed by atoms with Gasteiger partial charge in [0.05, 0.1) is 10.6 Å². The van der Waals surface area contributed by atoms with Gasteiger partial charge >= 0.3 is 0 Å². The van der Waals surface area contributed by atoms with Gasteiger partial charge < -0.3 is 9.80 Å². The molecule has 0 amide bonds. The summed E-state index contributed by atoms with van der Waals surface area (Å²) in [7, 11) is 0. The lowest BCUT2D eigenvalue weighted by Gasteiger charge is -2.41. The molecule has 1 aliphatic carbocycles. The van der Waals surface area contributed by atoms with Crippen molar-refractivity contribution in [1.82, 2.24) is 4.90 Å². The zero-order chi connectivity index (χ0) is 17.1. The van der Waals surface area contributed by atoms with Gasteiger partial charge in [-0.25, -0.2) is 0 Å². The van der Waals surface area contributed by atoms with Crippen molar-refractivity contribution in [2.24, 2.45) is 22.1 Å². The molecular weight excluding hydrogens is 318 g/mol. The van der Waals surface area contributed by atoms with Crippen LogP contribution in [0.5, 0.6) is 0 Å². The molecular formula is C18H19N5O2. The van der Waals surface area contributed by atoms with Gasteiger partial charge in [0.1, 0.15) is 6.67 Å². The van der Waals surface area contributed by atoms with Crippen LogP contribution in [0.25, 0.3) is 0 Å². The molecule has 128 valence electrons. The van der Waals surface area contributed by atoms with Crippen LogP contribution in [-0.4, -0.2) is 28.6 Å². The highest BCUT2D eigenvalue weighted by atomic mass is 16.6. The van der Waals surface area contributed by atoms with E-state index in [1.165, 1.54) is 5.56 Å². The number of nitro groups is 1. The first-order valence-electron chi connectivity index (χ1n) is 8.72. The Bertz CT molecular complexity index is 846. The summed E-state index contributed by atoms with van der Waals surface area (Å²) in [6, 6.07) is 5.90. The molecule has 0 aromatic heterocycles. The van der Waals surface area contributed by atoms with Gasteiger partial charge in [0, 0.05) is 36.3 Å². The number of benzene rings is 1. The van der Waals surface area contributed by atoms with Gasteiger partial charge in [-0.2, -0.15) is 5.11 Å². The van der Waals surface area contributed by atoms with Crippen LogP contribution in [0.3, 0.4) is 0 Å². The number of anilines is 1. The predicted molar refractivity (Wildman–Crippen MR) is 92.9 cm³/mol. The van der Waals surface area contributed by atoms with E-state index in [-0.39, 0.29) is 10.6 Å². The average Bonchev–Trinajstić information content (AvgIpc) is 3.17. The highest BCUT2D eigenvalue weighted by Gasteiger charge is 2.47. The second-order valence-electron chi connectivity index (χ2n) is 7.26. The maximum atomic E-state index is 11.2. The largest absolute Gasteiger partial charge is 0.340 e. The van der Waals surface area contributed by atoms with E-state index in [1.54, 1.807) is 12.1 Å². The van der Waals surface area contributed by atoms with Gasteiger partial charge in [-0.05, 0) is 24.3 Å². The van der Waals surface area contributed by atoms with Gasteiger partial charge in [-0.3, -0.25) is 10.1 Å². The third-order valence-corrected chi connectivity index (χ3v) is 6.00. The molecule has 1 aromatic carbocycles. The monoisotopic (exact) mass is 337 g/mol. The molecule has 25 heavy (non-hydrogen) atoms. The molecule has 0 fully saturated rings. The highest BCUT2D eigenvalue weighted by molar-refractivity contribution is 5.66. The summed E-state index contributed by atoms with van der Waals surface area (Å²) in [6.07, 6.45) is 8.53. The first kappa shape index (κ1) is 14.6. The van der Waals surface area contributed by atoms with E-state index >= 15 is 0 Å². The molecule has 3 heterocycles. The van der Waals surface area contributed by atoms with Crippen molar-refractivity contribution in [2.75, 3.05) is 11.6 Å². The number of non-ortho nitro benzene ring substituents is 1. The Hall–Kier alpha value is -2.70. The lowest BCUT2D eigenvalue weighted by atomic mass is 9.75. The fourth-order valence-electron chi connectivity index (χ4n) is 4.88. The second kappa shape index (κ2) is 5.15. The van der Waals surface area contributed by atoms with Crippen LogP contribution in [0.15, 0.2) is 52.6 Å². The molecule has 4 aliphatic rings. The molecule has 0 N–H and O–H groups in total. The number of hydrogen-bond acceptors (Lipinski definition) is 6. The third kappa shape index (κ3) is 2.04. The molecule has 7 heteroatoms. The van der Waals surface area contributed by atoms with E-state index in [4.69, 9.17) is 0 Å². The highest BCUT2D eigenvalue weighted by Crippen LogP contribution is 2.46. The van der Waals surface area contributed by atoms with Gasteiger partial charge in [0.15, 0.2) is 5.82 Å². The number of rotatable bonds is 1. The summed E-state index contributed by atoms with van der Waals surface area (Å²) >= 11 is 0. The first-order chi connectivity index (χ1) is 12.1. The smallest absolute Gasteiger partial charge is 0.271 e. The minimum absolute atomic E-state index is 0.139. The maximum absolute atomic E-state index is 11.2. The van der Waals surface area contributed by atoms with Crippen LogP contribution in [-0.2, 0) is 6.42 Å². The molecule has 0 radical (unpaired) electrons. The Balaban J connectivity index is 1.65. The molecule has 7 nitrogen and oxygen atoms in total. The lowest BCUT2D eigenvalue weighted by Crippen LogP contribution is -2.48. The molecule has 0 bridgehead atoms. The van der Waals surface area contributed by atoms with Crippen molar-refractivity contribution < 1.29 is 4.92 Å². The molecule has 3 aliphatic heterocycles. The summed E-state index contributed by atoms with van der Waals surface area (Å²) in [5, 5.41) is 19.8. The van der Waals surface area contributed by atoms with E-state index in [9.17, 15) is 10.1 Å². The Labute approximate surface area is 145 Å². The van der Waals surface area contributed by atoms with Crippen molar-refractivity contribution in [3.8, 4) is 0 Å². The van der Waals surface area contributed by atoms with Crippen molar-refractivity contribution in [3.63, 3.8) is 0 Å². The average molecular weight is 337 g/mol. The number of nitro benzene ring substituents is 1. The molecule has 1 aromatic rings. The van der Waals surface area contributed by atoms with Gasteiger partial charge in [-0.1, -0.05) is 25.1 Å². The minimum atomic E-state index is -0.324. The van der Waals surface area contributed by atoms with Crippen LogP contribution in [0.4, 0.5) is 11.4 Å². The Morgan fingerprint density at radius 2 is 2.20 bits per heavy atom. The lowest BCUT2D eigenvalue weighted by molar-refractivity contribution is -0.384. The summed E-state index contributed by atoms with van der Waals surface area (Å²) in [4.78, 5) is 15.4. The third-order valence-electron chi connectivity index (χ3n) is 6.00. The van der Waals surface area contributed by atoms with Crippen molar-refractivity contribution >= 4 is 11.4 Å². The number of hydrogen-bond donors (Lipinski definition) is 0. The molecule has 0 saturated carbocycles. The zero-order valence-corrected chi connectivity index (χ0v) is 13.9. The van der Waals surface area contributed by atoms with E-state index in [0.29, 0.717) is 30.6 Å². The number of azo groups is 1. The van der Waals surface area contributed by atoms with Crippen molar-refractivity contribution in [3.05, 3.63) is 58.0 Å². The van der Waals surface area contributed by atoms with Crippen LogP contribution in [0, 0.1) is 22.0 Å². The summed E-state index contributed by atoms with van der Waals surface area (Å²) < 4.78 is 0. The van der Waals surface area contributed by atoms with Gasteiger partial charge in [0.25, 0.3) is 5.69 Å². The number of nitrogens with zero attached hydrogens (tertiary/aromatic N) is 5. The molecule has 4 unspecified atom stereocenters. The Morgan fingerprint density at radius 1 is 1.32 bits per heavy atom. The van der Waals surface area contributed by atoms with Crippen LogP contribution >= 0.6 is 0 Å². The zero-order valence-electron chi connectivity index (χ0n) is 13.9. The fourth-order valence-corrected chi connectivity index (χ4v) is 4.88. The predicted octanol–water partition coefficient (Wildman–Crippen LogP) is 3.44. The summed E-state index contributed by atoms with van der Waals surface area (Å²) in [5.74, 6) is 1.76. The quantitative estimate of drug-likeness (QED) is 0.447. The minimum Gasteiger partial charge on any atom is -0.340 e. The standard InChI is InChI=1S/C18H19N5O2/c1-11-3-2-4-14-18(11)16-7-12-5-6-13(23(24)25)8-15(12)21(16)9-17-20-19-10-22(14)17/h2-3,5-6,8-9,11,14,16,18H,4,7,10H2,1H3. The van der Waals surface area contributed by atoms with Crippen molar-refractivity contribution in [1.29, 1.82) is 0 Å². The van der Waals surface area contributed by atoms with Gasteiger partial charge in [-0.15, -0.1) is 5.11 Å². The first-order valence-corrected chi connectivity index (χ1v) is 8.72. The number of fused-ring (bicyclic) bond motifs is 7. The Kier molecular flexibility index (Phi) is 3.01. The van der Waals surface area contributed by atoms with Crippen LogP contribution in [0.1, 0.15) is 18.9 Å². The van der Waals surface area contributed by atoms with Gasteiger partial charge in [0.2, 0.25) is 0 Å². The molecule has 0 spiro atoms. The number of allylic oxidation sites excluding steroid dienone is 1. The van der Waals surface area contributed by atoms with Crippen LogP contribution < -0.4 is 4.90 Å². The van der Waals surface area contributed by atoms with E-state index in [0.717, 1.165) is 24.4 Å². The molecule has 0 saturated heterocycles. The summed E-state index contributed by atoms with van der Waals surface area (Å²) in [6.45, 7) is 2.88. The van der Waals surface area contributed by atoms with E-state index in [2.05, 4.69) is 39.1 Å². The summed E-state index contributed by atoms with van der Waals surface area (Å²) in [5.41, 5.74) is 2.26.